The lowest BCUT2D eigenvalue weighted by Crippen LogP contribution is -2.36. The Morgan fingerprint density at radius 3 is 2.65 bits per heavy atom. The van der Waals surface area contributed by atoms with Gasteiger partial charge in [-0.1, -0.05) is 37.3 Å². The monoisotopic (exact) mass is 253 g/mol. The van der Waals surface area contributed by atoms with Crippen molar-refractivity contribution in [1.82, 2.24) is 5.32 Å². The van der Waals surface area contributed by atoms with Gasteiger partial charge in [-0.25, -0.2) is 0 Å². The van der Waals surface area contributed by atoms with E-state index in [2.05, 4.69) is 12.2 Å². The predicted octanol–water partition coefficient (Wildman–Crippen LogP) is 2.93. The van der Waals surface area contributed by atoms with Crippen LogP contribution in [0.15, 0.2) is 30.3 Å². The van der Waals surface area contributed by atoms with Gasteiger partial charge in [-0.3, -0.25) is 4.79 Å². The summed E-state index contributed by atoms with van der Waals surface area (Å²) in [5, 5.41) is 3.37. The minimum atomic E-state index is 0. The lowest BCUT2D eigenvalue weighted by molar-refractivity contribution is 0.0871. The Labute approximate surface area is 109 Å². The summed E-state index contributed by atoms with van der Waals surface area (Å²) in [6.45, 7) is 4.15. The van der Waals surface area contributed by atoms with E-state index >= 15 is 0 Å². The first kappa shape index (κ1) is 14.2. The van der Waals surface area contributed by atoms with Crippen molar-refractivity contribution in [3.8, 4) is 0 Å². The fourth-order valence-electron chi connectivity index (χ4n) is 2.38. The molecule has 17 heavy (non-hydrogen) atoms. The molecule has 1 N–H and O–H groups in total. The molecule has 0 bridgehead atoms. The molecule has 2 nitrogen and oxygen atoms in total. The standard InChI is InChI=1S/C14H19NO.ClH/c1-11(13-8-5-9-15-10-13)14(16)12-6-3-2-4-7-12;/h2-4,6-7,11,13,15H,5,8-10H2,1H3;1H. The normalized spacial score (nSPS) is 21.4. The van der Waals surface area contributed by atoms with Crippen LogP contribution >= 0.6 is 12.4 Å². The van der Waals surface area contributed by atoms with E-state index in [0.29, 0.717) is 5.92 Å². The highest BCUT2D eigenvalue weighted by molar-refractivity contribution is 5.97. The van der Waals surface area contributed by atoms with Gasteiger partial charge in [0, 0.05) is 11.5 Å². The van der Waals surface area contributed by atoms with Gasteiger partial charge >= 0.3 is 0 Å². The molecule has 0 radical (unpaired) electrons. The average molecular weight is 254 g/mol. The first-order valence-electron chi connectivity index (χ1n) is 6.09. The van der Waals surface area contributed by atoms with E-state index < -0.39 is 0 Å². The molecule has 0 aliphatic carbocycles. The third-order valence-electron chi connectivity index (χ3n) is 3.51. The van der Waals surface area contributed by atoms with Crippen molar-refractivity contribution in [2.24, 2.45) is 11.8 Å². The van der Waals surface area contributed by atoms with E-state index in [1.54, 1.807) is 0 Å². The average Bonchev–Trinajstić information content (AvgIpc) is 2.39. The smallest absolute Gasteiger partial charge is 0.165 e. The zero-order valence-corrected chi connectivity index (χ0v) is 11.0. The summed E-state index contributed by atoms with van der Waals surface area (Å²) < 4.78 is 0. The lowest BCUT2D eigenvalue weighted by atomic mass is 9.83. The van der Waals surface area contributed by atoms with Crippen LogP contribution in [-0.4, -0.2) is 18.9 Å². The van der Waals surface area contributed by atoms with Gasteiger partial charge in [0.2, 0.25) is 0 Å². The van der Waals surface area contributed by atoms with Gasteiger partial charge in [-0.2, -0.15) is 0 Å². The van der Waals surface area contributed by atoms with E-state index in [-0.39, 0.29) is 24.1 Å². The topological polar surface area (TPSA) is 29.1 Å². The SMILES string of the molecule is CC(C(=O)c1ccccc1)C1CCCNC1.Cl. The summed E-state index contributed by atoms with van der Waals surface area (Å²) in [6.07, 6.45) is 2.36. The molecule has 1 aliphatic heterocycles. The molecule has 3 heteroatoms. The number of hydrogen-bond donors (Lipinski definition) is 1. The first-order valence-corrected chi connectivity index (χ1v) is 6.09. The Balaban J connectivity index is 0.00000144. The number of hydrogen-bond acceptors (Lipinski definition) is 2. The fourth-order valence-corrected chi connectivity index (χ4v) is 2.38. The van der Waals surface area contributed by atoms with Crippen LogP contribution in [0.4, 0.5) is 0 Å². The molecule has 94 valence electrons. The van der Waals surface area contributed by atoms with Gasteiger partial charge in [0.05, 0.1) is 0 Å². The van der Waals surface area contributed by atoms with Crippen molar-refractivity contribution in [2.75, 3.05) is 13.1 Å². The second kappa shape index (κ2) is 6.77. The fraction of sp³-hybridized carbons (Fsp3) is 0.500. The quantitative estimate of drug-likeness (QED) is 0.840. The molecule has 2 unspecified atom stereocenters. The van der Waals surface area contributed by atoms with Gasteiger partial charge in [0.15, 0.2) is 5.78 Å². The van der Waals surface area contributed by atoms with Crippen LogP contribution < -0.4 is 5.32 Å². The van der Waals surface area contributed by atoms with Crippen molar-refractivity contribution in [3.63, 3.8) is 0 Å². The summed E-state index contributed by atoms with van der Waals surface area (Å²) in [5.41, 5.74) is 0.848. The van der Waals surface area contributed by atoms with E-state index in [1.807, 2.05) is 30.3 Å². The second-order valence-electron chi connectivity index (χ2n) is 4.63. The molecule has 0 saturated carbocycles. The molecular formula is C14H20ClNO. The van der Waals surface area contributed by atoms with Crippen LogP contribution in [0.5, 0.6) is 0 Å². The second-order valence-corrected chi connectivity index (χ2v) is 4.63. The van der Waals surface area contributed by atoms with Gasteiger partial charge in [-0.15, -0.1) is 12.4 Å². The van der Waals surface area contributed by atoms with Crippen LogP contribution in [0.1, 0.15) is 30.1 Å². The van der Waals surface area contributed by atoms with Crippen LogP contribution in [0.2, 0.25) is 0 Å². The maximum atomic E-state index is 12.2. The Morgan fingerprint density at radius 1 is 1.35 bits per heavy atom. The summed E-state index contributed by atoms with van der Waals surface area (Å²) in [4.78, 5) is 12.2. The maximum absolute atomic E-state index is 12.2. The first-order chi connectivity index (χ1) is 7.79. The van der Waals surface area contributed by atoms with Gasteiger partial charge < -0.3 is 5.32 Å². The summed E-state index contributed by atoms with van der Waals surface area (Å²) >= 11 is 0. The van der Waals surface area contributed by atoms with E-state index in [1.165, 1.54) is 12.8 Å². The molecule has 0 amide bonds. The third-order valence-corrected chi connectivity index (χ3v) is 3.51. The molecule has 1 aliphatic rings. The van der Waals surface area contributed by atoms with Crippen LogP contribution in [0.3, 0.4) is 0 Å². The van der Waals surface area contributed by atoms with Gasteiger partial charge in [0.1, 0.15) is 0 Å². The van der Waals surface area contributed by atoms with E-state index in [4.69, 9.17) is 0 Å². The highest BCUT2D eigenvalue weighted by Crippen LogP contribution is 2.23. The Hall–Kier alpha value is -0.860. The molecule has 0 aromatic heterocycles. The number of benzene rings is 1. The van der Waals surface area contributed by atoms with Crippen molar-refractivity contribution in [2.45, 2.75) is 19.8 Å². The molecule has 2 atom stereocenters. The van der Waals surface area contributed by atoms with Crippen molar-refractivity contribution < 1.29 is 4.79 Å². The van der Waals surface area contributed by atoms with Crippen molar-refractivity contribution in [3.05, 3.63) is 35.9 Å². The number of halogens is 1. The number of ketones is 1. The number of piperidine rings is 1. The van der Waals surface area contributed by atoms with Crippen molar-refractivity contribution >= 4 is 18.2 Å². The van der Waals surface area contributed by atoms with E-state index in [0.717, 1.165) is 18.7 Å². The molecule has 1 aromatic rings. The zero-order chi connectivity index (χ0) is 11.4. The largest absolute Gasteiger partial charge is 0.316 e. The lowest BCUT2D eigenvalue weighted by Gasteiger charge is -2.27. The summed E-state index contributed by atoms with van der Waals surface area (Å²) in [7, 11) is 0. The summed E-state index contributed by atoms with van der Waals surface area (Å²) in [6, 6.07) is 9.63. The molecule has 1 fully saturated rings. The number of nitrogens with one attached hydrogen (secondary N) is 1. The molecule has 1 aromatic carbocycles. The van der Waals surface area contributed by atoms with Crippen LogP contribution in [-0.2, 0) is 0 Å². The van der Waals surface area contributed by atoms with Crippen molar-refractivity contribution in [1.29, 1.82) is 0 Å². The molecule has 2 rings (SSSR count). The zero-order valence-electron chi connectivity index (χ0n) is 10.2. The van der Waals surface area contributed by atoms with Crippen LogP contribution in [0.25, 0.3) is 0 Å². The highest BCUT2D eigenvalue weighted by atomic mass is 35.5. The molecular weight excluding hydrogens is 234 g/mol. The molecule has 0 spiro atoms. The highest BCUT2D eigenvalue weighted by Gasteiger charge is 2.25. The van der Waals surface area contributed by atoms with E-state index in [9.17, 15) is 4.79 Å². The number of carbonyl (C=O) groups is 1. The number of carbonyl (C=O) groups excluding carboxylic acids is 1. The number of Topliss-reactive ketones (excluding diaryl/α,β-unsaturated/α-hetero) is 1. The predicted molar refractivity (Wildman–Crippen MR) is 72.8 cm³/mol. The third kappa shape index (κ3) is 3.55. The minimum Gasteiger partial charge on any atom is -0.316 e. The minimum absolute atomic E-state index is 0. The van der Waals surface area contributed by atoms with Gasteiger partial charge in [-0.05, 0) is 31.8 Å². The van der Waals surface area contributed by atoms with Gasteiger partial charge in [0.25, 0.3) is 0 Å². The Morgan fingerprint density at radius 2 is 2.06 bits per heavy atom. The maximum Gasteiger partial charge on any atom is 0.165 e. The Bertz CT molecular complexity index is 346. The van der Waals surface area contributed by atoms with Crippen LogP contribution in [0, 0.1) is 11.8 Å². The Kier molecular flexibility index (Phi) is 5.66. The number of rotatable bonds is 3. The summed E-state index contributed by atoms with van der Waals surface area (Å²) in [5.74, 6) is 0.922. The molecule has 1 heterocycles. The molecule has 1 saturated heterocycles.